The Morgan fingerprint density at radius 2 is 1.93 bits per heavy atom. The summed E-state index contributed by atoms with van der Waals surface area (Å²) >= 11 is 0. The van der Waals surface area contributed by atoms with Crippen LogP contribution in [0.5, 0.6) is 0 Å². The number of anilines is 1. The van der Waals surface area contributed by atoms with Gasteiger partial charge in [-0.05, 0) is 17.7 Å². The van der Waals surface area contributed by atoms with E-state index in [1.807, 2.05) is 24.3 Å². The maximum Gasteiger partial charge on any atom is 0.414 e. The SMILES string of the molecule is CC(=O)NC[C@H]1CN(c2ccc(C3(C#N)[C@@H]4CN(C#N)C[C@@H]43)cc2)C(=O)O1. The van der Waals surface area contributed by atoms with Gasteiger partial charge in [0.1, 0.15) is 6.10 Å². The molecule has 1 aromatic rings. The Kier molecular flexibility index (Phi) is 3.92. The number of cyclic esters (lactones) is 1. The number of benzene rings is 1. The Labute approximate surface area is 156 Å². The zero-order chi connectivity index (χ0) is 19.2. The molecule has 0 aromatic heterocycles. The zero-order valence-corrected chi connectivity index (χ0v) is 14.9. The summed E-state index contributed by atoms with van der Waals surface area (Å²) in [5.41, 5.74) is 1.11. The Morgan fingerprint density at radius 1 is 1.26 bits per heavy atom. The second-order valence-electron chi connectivity index (χ2n) is 7.30. The van der Waals surface area contributed by atoms with Crippen LogP contribution in [-0.4, -0.2) is 49.2 Å². The van der Waals surface area contributed by atoms with Crippen LogP contribution in [0.25, 0.3) is 0 Å². The molecule has 2 heterocycles. The highest BCUT2D eigenvalue weighted by Crippen LogP contribution is 2.63. The van der Waals surface area contributed by atoms with Gasteiger partial charge in [-0.1, -0.05) is 12.1 Å². The number of hydrogen-bond donors (Lipinski definition) is 1. The van der Waals surface area contributed by atoms with Gasteiger partial charge in [-0.3, -0.25) is 9.69 Å². The van der Waals surface area contributed by atoms with Crippen LogP contribution >= 0.6 is 0 Å². The molecule has 0 bridgehead atoms. The predicted octanol–water partition coefficient (Wildman–Crippen LogP) is 0.952. The monoisotopic (exact) mass is 365 g/mol. The van der Waals surface area contributed by atoms with Crippen molar-refractivity contribution in [3.8, 4) is 12.3 Å². The Morgan fingerprint density at radius 3 is 2.48 bits per heavy atom. The first-order chi connectivity index (χ1) is 13.0. The molecular formula is C19H19N5O3. The molecule has 1 aliphatic carbocycles. The van der Waals surface area contributed by atoms with E-state index in [-0.39, 0.29) is 30.4 Å². The van der Waals surface area contributed by atoms with Crippen LogP contribution in [0.1, 0.15) is 12.5 Å². The van der Waals surface area contributed by atoms with E-state index in [2.05, 4.69) is 17.6 Å². The highest BCUT2D eigenvalue weighted by Gasteiger charge is 2.70. The van der Waals surface area contributed by atoms with Gasteiger partial charge >= 0.3 is 6.09 Å². The molecule has 1 saturated carbocycles. The average molecular weight is 365 g/mol. The minimum absolute atomic E-state index is 0.166. The number of nitrogens with one attached hydrogen (secondary N) is 1. The standard InChI is InChI=1S/C19H19N5O3/c1-12(25)22-6-15-7-24(18(26)27-15)14-4-2-13(3-5-14)19(10-20)16-8-23(11-21)9-17(16)19/h2-5,15-17H,6-9H2,1H3,(H,22,25)/t15-,16-,17+,19?/m0/s1. The number of fused-ring (bicyclic) bond motifs is 1. The minimum atomic E-state index is -0.522. The van der Waals surface area contributed by atoms with Gasteiger partial charge in [0.05, 0.1) is 24.6 Å². The lowest BCUT2D eigenvalue weighted by Crippen LogP contribution is -2.33. The van der Waals surface area contributed by atoms with Crippen molar-refractivity contribution in [2.24, 2.45) is 11.8 Å². The Hall–Kier alpha value is -3.26. The highest BCUT2D eigenvalue weighted by molar-refractivity contribution is 5.89. The minimum Gasteiger partial charge on any atom is -0.442 e. The second kappa shape index (κ2) is 6.17. The number of carbonyl (C=O) groups is 2. The molecule has 4 atom stereocenters. The van der Waals surface area contributed by atoms with Crippen LogP contribution < -0.4 is 10.2 Å². The van der Waals surface area contributed by atoms with Gasteiger partial charge in [0.2, 0.25) is 5.91 Å². The van der Waals surface area contributed by atoms with Crippen molar-refractivity contribution in [3.63, 3.8) is 0 Å². The fourth-order valence-electron chi connectivity index (χ4n) is 4.38. The maximum absolute atomic E-state index is 12.1. The van der Waals surface area contributed by atoms with E-state index in [0.717, 1.165) is 5.56 Å². The third kappa shape index (κ3) is 2.65. The third-order valence-corrected chi connectivity index (χ3v) is 5.82. The predicted molar refractivity (Wildman–Crippen MR) is 94.2 cm³/mol. The van der Waals surface area contributed by atoms with Crippen molar-refractivity contribution in [1.82, 2.24) is 10.2 Å². The zero-order valence-electron chi connectivity index (χ0n) is 14.9. The quantitative estimate of drug-likeness (QED) is 0.796. The molecule has 4 rings (SSSR count). The van der Waals surface area contributed by atoms with Crippen molar-refractivity contribution in [3.05, 3.63) is 29.8 Å². The molecule has 8 heteroatoms. The summed E-state index contributed by atoms with van der Waals surface area (Å²) in [6.07, 6.45) is 1.32. The summed E-state index contributed by atoms with van der Waals surface area (Å²) < 4.78 is 5.28. The fraction of sp³-hybridized carbons (Fsp3) is 0.474. The molecule has 138 valence electrons. The second-order valence-corrected chi connectivity index (χ2v) is 7.30. The van der Waals surface area contributed by atoms with Crippen LogP contribution in [-0.2, 0) is 14.9 Å². The number of carbonyl (C=O) groups excluding carboxylic acids is 2. The van der Waals surface area contributed by atoms with Crippen LogP contribution in [0.4, 0.5) is 10.5 Å². The van der Waals surface area contributed by atoms with Crippen molar-refractivity contribution in [1.29, 1.82) is 10.5 Å². The number of hydrogen-bond acceptors (Lipinski definition) is 6. The van der Waals surface area contributed by atoms with Crippen molar-refractivity contribution in [2.45, 2.75) is 18.4 Å². The molecule has 8 nitrogen and oxygen atoms in total. The average Bonchev–Trinajstić information content (AvgIpc) is 2.98. The first-order valence-electron chi connectivity index (χ1n) is 8.88. The lowest BCUT2D eigenvalue weighted by atomic mass is 9.91. The number of likely N-dealkylation sites (tertiary alicyclic amines) is 1. The van der Waals surface area contributed by atoms with Gasteiger partial charge in [-0.15, -0.1) is 0 Å². The Bertz CT molecular complexity index is 857. The van der Waals surface area contributed by atoms with E-state index in [0.29, 0.717) is 25.3 Å². The van der Waals surface area contributed by atoms with Crippen LogP contribution in [0.15, 0.2) is 24.3 Å². The number of rotatable bonds is 4. The highest BCUT2D eigenvalue weighted by atomic mass is 16.6. The first-order valence-corrected chi connectivity index (χ1v) is 8.88. The number of ether oxygens (including phenoxy) is 1. The molecule has 3 aliphatic rings. The normalized spacial score (nSPS) is 30.9. The number of nitriles is 2. The number of piperidine rings is 1. The van der Waals surface area contributed by atoms with E-state index in [1.54, 1.807) is 4.90 Å². The largest absolute Gasteiger partial charge is 0.442 e. The number of nitrogens with zero attached hydrogens (tertiary/aromatic N) is 4. The summed E-state index contributed by atoms with van der Waals surface area (Å²) in [6, 6.07) is 9.90. The first kappa shape index (κ1) is 17.2. The third-order valence-electron chi connectivity index (χ3n) is 5.82. The molecular weight excluding hydrogens is 346 g/mol. The van der Waals surface area contributed by atoms with Crippen molar-refractivity contribution in [2.75, 3.05) is 31.1 Å². The van der Waals surface area contributed by atoms with Crippen LogP contribution in [0, 0.1) is 34.6 Å². The van der Waals surface area contributed by atoms with E-state index in [4.69, 9.17) is 10.00 Å². The molecule has 2 aliphatic heterocycles. The van der Waals surface area contributed by atoms with E-state index >= 15 is 0 Å². The summed E-state index contributed by atoms with van der Waals surface area (Å²) in [4.78, 5) is 26.4. The molecule has 1 aromatic carbocycles. The van der Waals surface area contributed by atoms with Crippen molar-refractivity contribution >= 4 is 17.7 Å². The lowest BCUT2D eigenvalue weighted by Gasteiger charge is -2.19. The maximum atomic E-state index is 12.1. The van der Waals surface area contributed by atoms with Gasteiger partial charge in [0, 0.05) is 37.5 Å². The number of amides is 2. The summed E-state index contributed by atoms with van der Waals surface area (Å²) in [6.45, 7) is 3.32. The van der Waals surface area contributed by atoms with E-state index in [1.165, 1.54) is 11.8 Å². The molecule has 0 spiro atoms. The smallest absolute Gasteiger partial charge is 0.414 e. The molecule has 2 amide bonds. The summed E-state index contributed by atoms with van der Waals surface area (Å²) in [5.74, 6) is 0.208. The van der Waals surface area contributed by atoms with E-state index in [9.17, 15) is 14.9 Å². The van der Waals surface area contributed by atoms with Gasteiger partial charge in [0.15, 0.2) is 6.19 Å². The molecule has 3 fully saturated rings. The van der Waals surface area contributed by atoms with Gasteiger partial charge in [0.25, 0.3) is 0 Å². The molecule has 2 saturated heterocycles. The molecule has 27 heavy (non-hydrogen) atoms. The molecule has 0 radical (unpaired) electrons. The van der Waals surface area contributed by atoms with Crippen molar-refractivity contribution < 1.29 is 14.3 Å². The van der Waals surface area contributed by atoms with Gasteiger partial charge in [-0.2, -0.15) is 10.5 Å². The fourth-order valence-corrected chi connectivity index (χ4v) is 4.38. The van der Waals surface area contributed by atoms with Gasteiger partial charge in [-0.25, -0.2) is 4.79 Å². The Balaban J connectivity index is 1.46. The summed E-state index contributed by atoms with van der Waals surface area (Å²) in [7, 11) is 0. The molecule has 1 N–H and O–H groups in total. The van der Waals surface area contributed by atoms with Gasteiger partial charge < -0.3 is 15.0 Å². The van der Waals surface area contributed by atoms with Crippen LogP contribution in [0.2, 0.25) is 0 Å². The summed E-state index contributed by atoms with van der Waals surface area (Å²) in [5, 5.41) is 21.4. The lowest BCUT2D eigenvalue weighted by molar-refractivity contribution is -0.119. The van der Waals surface area contributed by atoms with E-state index < -0.39 is 11.5 Å². The topological polar surface area (TPSA) is 109 Å². The van der Waals surface area contributed by atoms with Crippen LogP contribution in [0.3, 0.4) is 0 Å². The molecule has 1 unspecified atom stereocenters.